The van der Waals surface area contributed by atoms with E-state index in [1.165, 1.54) is 19.8 Å². The summed E-state index contributed by atoms with van der Waals surface area (Å²) in [6.07, 6.45) is 0.303. The first kappa shape index (κ1) is 21.4. The number of hydrogen-bond donors (Lipinski definition) is 1. The van der Waals surface area contributed by atoms with E-state index in [9.17, 15) is 9.59 Å². The molecule has 2 aromatic carbocycles. The number of ether oxygens (including phenoxy) is 2. The van der Waals surface area contributed by atoms with E-state index in [4.69, 9.17) is 9.47 Å². The van der Waals surface area contributed by atoms with Crippen LogP contribution >= 0.6 is 0 Å². The van der Waals surface area contributed by atoms with E-state index in [2.05, 4.69) is 9.97 Å². The summed E-state index contributed by atoms with van der Waals surface area (Å²) < 4.78 is 10.6. The zero-order valence-corrected chi connectivity index (χ0v) is 18.0. The molecule has 30 heavy (non-hydrogen) atoms. The Balaban J connectivity index is 1.86. The second kappa shape index (κ2) is 8.98. The van der Waals surface area contributed by atoms with Crippen molar-refractivity contribution in [3.05, 3.63) is 63.2 Å². The van der Waals surface area contributed by atoms with E-state index < -0.39 is 0 Å². The van der Waals surface area contributed by atoms with Gasteiger partial charge in [-0.05, 0) is 43.5 Å². The molecule has 1 N–H and O–H groups in total. The summed E-state index contributed by atoms with van der Waals surface area (Å²) in [4.78, 5) is 34.4. The van der Waals surface area contributed by atoms with E-state index in [1.807, 2.05) is 39.0 Å². The molecule has 3 aromatic rings. The second-order valence-corrected chi connectivity index (χ2v) is 7.24. The van der Waals surface area contributed by atoms with Gasteiger partial charge in [0.15, 0.2) is 11.5 Å². The normalized spacial score (nSPS) is 10.8. The number of carbonyl (C=O) groups excluding carboxylic acids is 1. The summed E-state index contributed by atoms with van der Waals surface area (Å²) >= 11 is 0. The maximum Gasteiger partial charge on any atom is 0.258 e. The highest BCUT2D eigenvalue weighted by Crippen LogP contribution is 2.30. The topological polar surface area (TPSA) is 84.5 Å². The van der Waals surface area contributed by atoms with Crippen molar-refractivity contribution in [3.8, 4) is 11.5 Å². The molecule has 0 fully saturated rings. The summed E-state index contributed by atoms with van der Waals surface area (Å²) in [6.45, 7) is 6.72. The molecule has 0 unspecified atom stereocenters. The maximum atomic E-state index is 12.8. The average Bonchev–Trinajstić information content (AvgIpc) is 2.73. The molecule has 1 amide bonds. The Morgan fingerprint density at radius 1 is 1.07 bits per heavy atom. The van der Waals surface area contributed by atoms with Gasteiger partial charge in [-0.3, -0.25) is 9.59 Å². The van der Waals surface area contributed by atoms with Gasteiger partial charge in [0.1, 0.15) is 5.82 Å². The molecule has 0 saturated carbocycles. The molecule has 0 aliphatic heterocycles. The number of nitrogens with zero attached hydrogens (tertiary/aromatic N) is 2. The van der Waals surface area contributed by atoms with Gasteiger partial charge >= 0.3 is 0 Å². The van der Waals surface area contributed by atoms with Gasteiger partial charge in [0.2, 0.25) is 5.91 Å². The summed E-state index contributed by atoms with van der Waals surface area (Å²) in [5.41, 5.74) is 3.54. The number of benzene rings is 2. The van der Waals surface area contributed by atoms with Gasteiger partial charge in [-0.25, -0.2) is 4.98 Å². The number of H-pyrrole nitrogens is 1. The molecule has 0 atom stereocenters. The Bertz CT molecular complexity index is 1140. The first-order valence-corrected chi connectivity index (χ1v) is 9.85. The number of carbonyl (C=O) groups is 1. The lowest BCUT2D eigenvalue weighted by Gasteiger charge is -2.21. The first-order chi connectivity index (χ1) is 14.4. The van der Waals surface area contributed by atoms with Crippen LogP contribution in [-0.4, -0.2) is 41.5 Å². The number of methoxy groups -OCH3 is 2. The minimum atomic E-state index is -0.284. The number of aromatic nitrogens is 2. The summed E-state index contributed by atoms with van der Waals surface area (Å²) in [6, 6.07) is 9.31. The van der Waals surface area contributed by atoms with Crippen LogP contribution in [0.4, 0.5) is 0 Å². The van der Waals surface area contributed by atoms with Crippen LogP contribution in [-0.2, 0) is 17.8 Å². The largest absolute Gasteiger partial charge is 0.493 e. The van der Waals surface area contributed by atoms with Crippen molar-refractivity contribution < 1.29 is 14.3 Å². The zero-order valence-electron chi connectivity index (χ0n) is 18.0. The maximum absolute atomic E-state index is 12.8. The standard InChI is InChI=1S/C23H27N3O4/c1-6-26(22(27)10-16-8-7-14(2)15(3)9-16)13-21-24-18-12-20(30-5)19(29-4)11-17(18)23(28)25-21/h7-9,11-12H,6,10,13H2,1-5H3,(H,24,25,28). The van der Waals surface area contributed by atoms with Crippen molar-refractivity contribution in [2.24, 2.45) is 0 Å². The molecular weight excluding hydrogens is 382 g/mol. The number of aryl methyl sites for hydroxylation is 2. The van der Waals surface area contributed by atoms with Crippen LogP contribution < -0.4 is 15.0 Å². The van der Waals surface area contributed by atoms with Crippen LogP contribution in [0, 0.1) is 13.8 Å². The number of rotatable bonds is 7. The minimum absolute atomic E-state index is 0.0178. The van der Waals surface area contributed by atoms with Crippen LogP contribution in [0.15, 0.2) is 35.1 Å². The van der Waals surface area contributed by atoms with Gasteiger partial charge in [-0.1, -0.05) is 18.2 Å². The summed E-state index contributed by atoms with van der Waals surface area (Å²) in [5, 5.41) is 0.404. The molecule has 3 rings (SSSR count). The monoisotopic (exact) mass is 409 g/mol. The van der Waals surface area contributed by atoms with Crippen LogP contribution in [0.25, 0.3) is 10.9 Å². The van der Waals surface area contributed by atoms with E-state index in [0.717, 1.165) is 11.1 Å². The van der Waals surface area contributed by atoms with Gasteiger partial charge in [0, 0.05) is 12.6 Å². The average molecular weight is 409 g/mol. The lowest BCUT2D eigenvalue weighted by atomic mass is 10.0. The Kier molecular flexibility index (Phi) is 6.40. The van der Waals surface area contributed by atoms with Crippen molar-refractivity contribution in [1.29, 1.82) is 0 Å². The van der Waals surface area contributed by atoms with Gasteiger partial charge in [-0.2, -0.15) is 0 Å². The number of amides is 1. The SMILES string of the molecule is CCN(Cc1nc2cc(OC)c(OC)cc2c(=O)[nH]1)C(=O)Cc1ccc(C)c(C)c1. The van der Waals surface area contributed by atoms with E-state index >= 15 is 0 Å². The van der Waals surface area contributed by atoms with E-state index in [-0.39, 0.29) is 18.0 Å². The molecule has 7 nitrogen and oxygen atoms in total. The minimum Gasteiger partial charge on any atom is -0.493 e. The fourth-order valence-electron chi connectivity index (χ4n) is 3.35. The quantitative estimate of drug-likeness (QED) is 0.648. The fourth-order valence-corrected chi connectivity index (χ4v) is 3.35. The van der Waals surface area contributed by atoms with Gasteiger partial charge in [0.25, 0.3) is 5.56 Å². The molecular formula is C23H27N3O4. The highest BCUT2D eigenvalue weighted by atomic mass is 16.5. The molecule has 0 spiro atoms. The lowest BCUT2D eigenvalue weighted by molar-refractivity contribution is -0.131. The fraction of sp³-hybridized carbons (Fsp3) is 0.348. The van der Waals surface area contributed by atoms with E-state index in [0.29, 0.717) is 41.2 Å². The van der Waals surface area contributed by atoms with Crippen LogP contribution in [0.2, 0.25) is 0 Å². The van der Waals surface area contributed by atoms with Gasteiger partial charge in [0.05, 0.1) is 38.1 Å². The number of hydrogen-bond acceptors (Lipinski definition) is 5. The smallest absolute Gasteiger partial charge is 0.258 e. The van der Waals surface area contributed by atoms with Crippen molar-refractivity contribution in [2.75, 3.05) is 20.8 Å². The Hall–Kier alpha value is -3.35. The Morgan fingerprint density at radius 3 is 2.40 bits per heavy atom. The highest BCUT2D eigenvalue weighted by Gasteiger charge is 2.16. The summed E-state index contributed by atoms with van der Waals surface area (Å²) in [5.74, 6) is 1.36. The Morgan fingerprint density at radius 2 is 1.77 bits per heavy atom. The molecule has 0 aliphatic carbocycles. The molecule has 0 saturated heterocycles. The number of fused-ring (bicyclic) bond motifs is 1. The van der Waals surface area contributed by atoms with Crippen molar-refractivity contribution >= 4 is 16.8 Å². The van der Waals surface area contributed by atoms with Gasteiger partial charge in [-0.15, -0.1) is 0 Å². The molecule has 158 valence electrons. The van der Waals surface area contributed by atoms with Gasteiger partial charge < -0.3 is 19.4 Å². The zero-order chi connectivity index (χ0) is 21.8. The molecule has 1 heterocycles. The van der Waals surface area contributed by atoms with Crippen molar-refractivity contribution in [2.45, 2.75) is 33.7 Å². The van der Waals surface area contributed by atoms with Crippen LogP contribution in [0.3, 0.4) is 0 Å². The van der Waals surface area contributed by atoms with E-state index in [1.54, 1.807) is 17.0 Å². The predicted molar refractivity (Wildman–Crippen MR) is 116 cm³/mol. The van der Waals surface area contributed by atoms with Crippen molar-refractivity contribution in [1.82, 2.24) is 14.9 Å². The summed E-state index contributed by atoms with van der Waals surface area (Å²) in [7, 11) is 3.04. The molecule has 0 radical (unpaired) electrons. The Labute approximate surface area is 175 Å². The van der Waals surface area contributed by atoms with Crippen molar-refractivity contribution in [3.63, 3.8) is 0 Å². The molecule has 1 aromatic heterocycles. The highest BCUT2D eigenvalue weighted by molar-refractivity contribution is 5.82. The second-order valence-electron chi connectivity index (χ2n) is 7.24. The lowest BCUT2D eigenvalue weighted by Crippen LogP contribution is -2.33. The first-order valence-electron chi connectivity index (χ1n) is 9.85. The molecule has 0 bridgehead atoms. The van der Waals surface area contributed by atoms with Crippen LogP contribution in [0.1, 0.15) is 29.4 Å². The number of aromatic amines is 1. The van der Waals surface area contributed by atoms with Crippen LogP contribution in [0.5, 0.6) is 11.5 Å². The predicted octanol–water partition coefficient (Wildman–Crippen LogP) is 3.15. The molecule has 0 aliphatic rings. The number of nitrogens with one attached hydrogen (secondary N) is 1. The third-order valence-electron chi connectivity index (χ3n) is 5.26. The molecule has 7 heteroatoms. The number of likely N-dealkylation sites (N-methyl/N-ethyl adjacent to an activating group) is 1. The third-order valence-corrected chi connectivity index (χ3v) is 5.26. The third kappa shape index (κ3) is 4.45.